The fourth-order valence-corrected chi connectivity index (χ4v) is 4.18. The van der Waals surface area contributed by atoms with Crippen molar-refractivity contribution in [2.24, 2.45) is 11.8 Å². The van der Waals surface area contributed by atoms with Crippen LogP contribution in [0.15, 0.2) is 0 Å². The number of aliphatic carboxylic acids is 1. The van der Waals surface area contributed by atoms with Gasteiger partial charge in [-0.15, -0.1) is 0 Å². The van der Waals surface area contributed by atoms with Crippen molar-refractivity contribution in [3.05, 3.63) is 0 Å². The summed E-state index contributed by atoms with van der Waals surface area (Å²) in [7, 11) is -1.61. The number of nitrogens with zero attached hydrogens (tertiary/aromatic N) is 1. The van der Waals surface area contributed by atoms with Crippen LogP contribution < -0.4 is 10.6 Å². The van der Waals surface area contributed by atoms with Gasteiger partial charge in [0.1, 0.15) is 17.2 Å². The van der Waals surface area contributed by atoms with Crippen LogP contribution in [0.1, 0.15) is 74.7 Å². The number of piperidine rings is 1. The lowest BCUT2D eigenvalue weighted by Crippen LogP contribution is -2.68. The molecule has 1 unspecified atom stereocenters. The van der Waals surface area contributed by atoms with Gasteiger partial charge in [0.05, 0.1) is 6.54 Å². The van der Waals surface area contributed by atoms with Crippen LogP contribution in [0.2, 0.25) is 6.32 Å². The second-order valence-electron chi connectivity index (χ2n) is 11.9. The molecule has 5 N–H and O–H groups in total. The summed E-state index contributed by atoms with van der Waals surface area (Å²) < 4.78 is 10.6. The summed E-state index contributed by atoms with van der Waals surface area (Å²) in [5, 5.41) is 34.0. The second-order valence-corrected chi connectivity index (χ2v) is 11.9. The number of carbonyl (C=O) groups is 4. The van der Waals surface area contributed by atoms with E-state index in [-0.39, 0.29) is 38.2 Å². The van der Waals surface area contributed by atoms with Gasteiger partial charge in [-0.25, -0.2) is 14.4 Å². The van der Waals surface area contributed by atoms with Gasteiger partial charge in [0.25, 0.3) is 0 Å². The van der Waals surface area contributed by atoms with Gasteiger partial charge in [-0.3, -0.25) is 4.79 Å². The fraction of sp³-hybridized carbons (Fsp3) is 0.833. The predicted molar refractivity (Wildman–Crippen MR) is 137 cm³/mol. The molecule has 1 heterocycles. The number of hydrogen-bond acceptors (Lipinski definition) is 8. The van der Waals surface area contributed by atoms with E-state index in [0.717, 1.165) is 0 Å². The van der Waals surface area contributed by atoms with E-state index >= 15 is 0 Å². The van der Waals surface area contributed by atoms with Gasteiger partial charge in [0.15, 0.2) is 5.54 Å². The van der Waals surface area contributed by atoms with E-state index < -0.39 is 59.9 Å². The molecule has 1 aliphatic rings. The van der Waals surface area contributed by atoms with E-state index in [0.29, 0.717) is 6.42 Å². The van der Waals surface area contributed by atoms with Crippen molar-refractivity contribution < 1.29 is 43.8 Å². The average Bonchev–Trinajstić information content (AvgIpc) is 2.72. The Morgan fingerprint density at radius 3 is 2.05 bits per heavy atom. The van der Waals surface area contributed by atoms with Gasteiger partial charge in [0, 0.05) is 6.54 Å². The zero-order valence-electron chi connectivity index (χ0n) is 23.3. The minimum absolute atomic E-state index is 0.0419. The maximum Gasteiger partial charge on any atom is 0.451 e. The molecule has 0 aliphatic carbocycles. The second kappa shape index (κ2) is 12.8. The summed E-state index contributed by atoms with van der Waals surface area (Å²) in [6.07, 6.45) is -1.08. The summed E-state index contributed by atoms with van der Waals surface area (Å²) in [6.45, 7) is 13.4. The van der Waals surface area contributed by atoms with Gasteiger partial charge in [0.2, 0.25) is 5.91 Å². The Labute approximate surface area is 219 Å². The Morgan fingerprint density at radius 1 is 1.05 bits per heavy atom. The van der Waals surface area contributed by atoms with Gasteiger partial charge in [-0.1, -0.05) is 26.7 Å². The number of rotatable bonds is 9. The minimum Gasteiger partial charge on any atom is -0.479 e. The monoisotopic (exact) mass is 529 g/mol. The molecule has 212 valence electrons. The number of nitrogens with one attached hydrogen (secondary N) is 2. The molecular formula is C24H44BN3O9. The largest absolute Gasteiger partial charge is 0.479 e. The van der Waals surface area contributed by atoms with Crippen LogP contribution in [0.5, 0.6) is 0 Å². The Kier molecular flexibility index (Phi) is 11.3. The van der Waals surface area contributed by atoms with Crippen LogP contribution in [-0.4, -0.2) is 87.1 Å². The third-order valence-electron chi connectivity index (χ3n) is 6.02. The van der Waals surface area contributed by atoms with Crippen molar-refractivity contribution in [1.82, 2.24) is 15.5 Å². The molecule has 3 amide bonds. The lowest BCUT2D eigenvalue weighted by Gasteiger charge is -2.45. The lowest BCUT2D eigenvalue weighted by molar-refractivity contribution is -0.152. The first-order valence-electron chi connectivity index (χ1n) is 12.7. The van der Waals surface area contributed by atoms with E-state index in [1.165, 1.54) is 4.90 Å². The molecule has 0 aromatic rings. The van der Waals surface area contributed by atoms with Crippen molar-refractivity contribution in [2.45, 2.75) is 104 Å². The molecular weight excluding hydrogens is 485 g/mol. The highest BCUT2D eigenvalue weighted by molar-refractivity contribution is 6.40. The highest BCUT2D eigenvalue weighted by Gasteiger charge is 2.50. The van der Waals surface area contributed by atoms with Crippen molar-refractivity contribution in [1.29, 1.82) is 0 Å². The number of hydrogen-bond donors (Lipinski definition) is 5. The first-order valence-corrected chi connectivity index (χ1v) is 12.7. The summed E-state index contributed by atoms with van der Waals surface area (Å²) >= 11 is 0. The fourth-order valence-electron chi connectivity index (χ4n) is 4.18. The molecule has 1 fully saturated rings. The third kappa shape index (κ3) is 10.8. The minimum atomic E-state index is -1.88. The Bertz CT molecular complexity index is 825. The highest BCUT2D eigenvalue weighted by atomic mass is 16.6. The van der Waals surface area contributed by atoms with Crippen LogP contribution in [0.3, 0.4) is 0 Å². The molecule has 1 saturated heterocycles. The van der Waals surface area contributed by atoms with Crippen molar-refractivity contribution >= 4 is 31.2 Å². The normalized spacial score (nSPS) is 21.9. The van der Waals surface area contributed by atoms with E-state index in [1.807, 2.05) is 6.92 Å². The zero-order valence-corrected chi connectivity index (χ0v) is 23.3. The van der Waals surface area contributed by atoms with Crippen LogP contribution in [0.4, 0.5) is 9.59 Å². The molecule has 0 saturated carbocycles. The van der Waals surface area contributed by atoms with Gasteiger partial charge in [-0.05, 0) is 66.1 Å². The number of amides is 3. The van der Waals surface area contributed by atoms with Crippen molar-refractivity contribution in [3.63, 3.8) is 0 Å². The maximum atomic E-state index is 13.7. The van der Waals surface area contributed by atoms with E-state index in [1.54, 1.807) is 48.5 Å². The van der Waals surface area contributed by atoms with Gasteiger partial charge >= 0.3 is 25.3 Å². The number of alkyl carbamates (subject to hydrolysis) is 2. The first-order chi connectivity index (χ1) is 16.8. The highest BCUT2D eigenvalue weighted by Crippen LogP contribution is 2.31. The Balaban J connectivity index is 3.34. The molecule has 37 heavy (non-hydrogen) atoms. The summed E-state index contributed by atoms with van der Waals surface area (Å²) in [6, 6.07) is -1.00. The quantitative estimate of drug-likeness (QED) is 0.280. The average molecular weight is 529 g/mol. The molecule has 0 bridgehead atoms. The van der Waals surface area contributed by atoms with E-state index in [2.05, 4.69) is 10.6 Å². The topological polar surface area (TPSA) is 175 Å². The molecule has 4 atom stereocenters. The van der Waals surface area contributed by atoms with Gasteiger partial charge < -0.3 is 40.2 Å². The lowest BCUT2D eigenvalue weighted by atomic mass is 9.74. The molecule has 0 aromatic heterocycles. The van der Waals surface area contributed by atoms with Crippen LogP contribution in [-0.2, 0) is 19.1 Å². The van der Waals surface area contributed by atoms with E-state index in [4.69, 9.17) is 9.47 Å². The van der Waals surface area contributed by atoms with Gasteiger partial charge in [-0.2, -0.15) is 0 Å². The number of likely N-dealkylation sites (tertiary alicyclic amines) is 1. The molecule has 13 heteroatoms. The number of carboxylic acid groups (broad SMARTS) is 1. The number of carbonyl (C=O) groups excluding carboxylic acids is 3. The standard InChI is InChI=1S/C24H44BN3O9/c1-9-15(2)17(26-20(32)36-22(3,4)5)18(29)28-13-16(10-11-25(34)35)12-24(14-28,19(30)31)27-21(33)37-23(6,7)8/h15-17,34-35H,9-14H2,1-8H3,(H,26,32)(H,27,33)(H,30,31)/t15?,16-,17-,24+/m0/s1. The molecule has 12 nitrogen and oxygen atoms in total. The Hall–Kier alpha value is -2.54. The molecule has 0 spiro atoms. The Morgan fingerprint density at radius 2 is 1.59 bits per heavy atom. The smallest absolute Gasteiger partial charge is 0.451 e. The number of carboxylic acids is 1. The third-order valence-corrected chi connectivity index (χ3v) is 6.02. The molecule has 0 radical (unpaired) electrons. The van der Waals surface area contributed by atoms with Crippen LogP contribution in [0, 0.1) is 11.8 Å². The van der Waals surface area contributed by atoms with E-state index in [9.17, 15) is 34.3 Å². The molecule has 1 rings (SSSR count). The summed E-state index contributed by atoms with van der Waals surface area (Å²) in [5.74, 6) is -2.67. The summed E-state index contributed by atoms with van der Waals surface area (Å²) in [4.78, 5) is 52.7. The van der Waals surface area contributed by atoms with Crippen LogP contribution in [0.25, 0.3) is 0 Å². The van der Waals surface area contributed by atoms with Crippen molar-refractivity contribution in [2.75, 3.05) is 13.1 Å². The molecule has 1 aliphatic heterocycles. The van der Waals surface area contributed by atoms with Crippen LogP contribution >= 0.6 is 0 Å². The zero-order chi connectivity index (χ0) is 28.8. The first kappa shape index (κ1) is 32.5. The van der Waals surface area contributed by atoms with Crippen molar-refractivity contribution in [3.8, 4) is 0 Å². The maximum absolute atomic E-state index is 13.7. The molecule has 0 aromatic carbocycles. The summed E-state index contributed by atoms with van der Waals surface area (Å²) in [5.41, 5.74) is -3.55. The SMILES string of the molecule is CCC(C)[C@H](NC(=O)OC(C)(C)C)C(=O)N1C[C@@H](CCB(O)O)C[C@](NC(=O)OC(C)(C)C)(C(=O)O)C1. The number of ether oxygens (including phenoxy) is 2. The predicted octanol–water partition coefficient (Wildman–Crippen LogP) is 1.99.